The number of carboxylic acids is 2. The maximum Gasteiger partial charge on any atom is 0.336 e. The number of anilines is 1. The molecule has 7 N–H and O–H groups in total. The van der Waals surface area contributed by atoms with Gasteiger partial charge < -0.3 is 31.8 Å². The molecule has 18 heteroatoms. The third-order valence-corrected chi connectivity index (χ3v) is 7.39. The van der Waals surface area contributed by atoms with Gasteiger partial charge in [0.2, 0.25) is 11.5 Å². The number of rotatable bonds is 11. The molecular weight excluding hydrogens is 556 g/mol. The zero-order valence-corrected chi connectivity index (χ0v) is 21.5. The minimum atomic E-state index is -1.13. The van der Waals surface area contributed by atoms with Gasteiger partial charge in [-0.15, -0.1) is 11.8 Å². The highest BCUT2D eigenvalue weighted by atomic mass is 32.2. The summed E-state index contributed by atoms with van der Waals surface area (Å²) in [5.41, 5.74) is 11.4. The first kappa shape index (κ1) is 27.5. The summed E-state index contributed by atoms with van der Waals surface area (Å²) in [6.07, 6.45) is 2.70. The van der Waals surface area contributed by atoms with Crippen molar-refractivity contribution in [3.8, 4) is 0 Å². The number of hydrogen-bond acceptors (Lipinski definition) is 12. The molecule has 0 aliphatic carbocycles. The molecule has 3 amide bonds. The van der Waals surface area contributed by atoms with Crippen LogP contribution in [0, 0.1) is 0 Å². The number of β-lactam (4-membered cyclic amide) rings is 1. The highest BCUT2D eigenvalue weighted by Gasteiger charge is 2.54. The van der Waals surface area contributed by atoms with Crippen molar-refractivity contribution in [1.29, 1.82) is 0 Å². The van der Waals surface area contributed by atoms with Crippen LogP contribution in [-0.2, 0) is 30.6 Å². The number of nitrogens with one attached hydrogen (secondary N) is 1. The predicted octanol–water partition coefficient (Wildman–Crippen LogP) is -1.86. The van der Waals surface area contributed by atoms with Crippen LogP contribution in [0.5, 0.6) is 0 Å². The number of pyridine rings is 1. The summed E-state index contributed by atoms with van der Waals surface area (Å²) in [5.74, 6) is -4.36. The van der Waals surface area contributed by atoms with Crippen LogP contribution < -0.4 is 21.4 Å². The number of carbonyl (C=O) groups excluding carboxylic acids is 3. The monoisotopic (exact) mass is 577 g/mol. The van der Waals surface area contributed by atoms with Gasteiger partial charge in [0.05, 0.1) is 12.0 Å². The van der Waals surface area contributed by atoms with E-state index in [0.717, 1.165) is 11.5 Å². The third-order valence-electron chi connectivity index (χ3n) is 5.51. The molecular formula is C21H21N8O8S2+. The lowest BCUT2D eigenvalue weighted by molar-refractivity contribution is -0.689. The van der Waals surface area contributed by atoms with E-state index in [1.54, 1.807) is 4.57 Å². The van der Waals surface area contributed by atoms with Gasteiger partial charge in [0.1, 0.15) is 23.7 Å². The highest BCUT2D eigenvalue weighted by molar-refractivity contribution is 8.00. The number of thioether (sulfide) groups is 1. The van der Waals surface area contributed by atoms with Crippen LogP contribution in [0.25, 0.3) is 0 Å². The number of nitrogen functional groups attached to an aromatic ring is 1. The number of fused-ring (bicyclic) bond motifs is 1. The van der Waals surface area contributed by atoms with Gasteiger partial charge in [-0.05, 0) is 0 Å². The minimum Gasteiger partial charge on any atom is -0.481 e. The average molecular weight is 578 g/mol. The quantitative estimate of drug-likeness (QED) is 0.0649. The predicted molar refractivity (Wildman–Crippen MR) is 134 cm³/mol. The molecule has 1 fully saturated rings. The largest absolute Gasteiger partial charge is 0.481 e. The zero-order valence-electron chi connectivity index (χ0n) is 19.8. The van der Waals surface area contributed by atoms with E-state index in [1.807, 2.05) is 0 Å². The van der Waals surface area contributed by atoms with Crippen molar-refractivity contribution in [2.24, 2.45) is 10.9 Å². The van der Waals surface area contributed by atoms with Gasteiger partial charge in [-0.3, -0.25) is 24.1 Å². The van der Waals surface area contributed by atoms with E-state index in [0.29, 0.717) is 11.3 Å². The molecule has 4 rings (SSSR count). The van der Waals surface area contributed by atoms with E-state index < -0.39 is 46.8 Å². The van der Waals surface area contributed by atoms with Crippen LogP contribution in [-0.4, -0.2) is 83.6 Å². The van der Waals surface area contributed by atoms with Crippen molar-refractivity contribution >= 4 is 63.8 Å². The molecule has 16 nitrogen and oxygen atoms in total. The number of carboxylic acid groups (broad SMARTS) is 2. The van der Waals surface area contributed by atoms with Crippen molar-refractivity contribution in [1.82, 2.24) is 19.6 Å². The topological polar surface area (TPSA) is 244 Å². The van der Waals surface area contributed by atoms with Crippen LogP contribution in [0.15, 0.2) is 41.0 Å². The number of aromatic carboxylic acids is 1. The number of primary amides is 1. The van der Waals surface area contributed by atoms with Gasteiger partial charge in [0.15, 0.2) is 24.1 Å². The smallest absolute Gasteiger partial charge is 0.336 e. The Morgan fingerprint density at radius 3 is 2.56 bits per heavy atom. The standard InChI is InChI=1S/C21H20N8O8S2/c22-15(32)14-10(7-28-4-1-9(2-5-28)20(35)36)8-38-19-13(18(34)29(14)19)24-17(33)12(16-25-21(23)39-27-16)26-37-6-3-11(30)31/h1-2,4-5,13,19H,3,6-8H2,(H6-,22,23,24,25,27,30,31,32,33,35,36)/p+1/t13?,19-/m0/s1. The Kier molecular flexibility index (Phi) is 8.05. The fourth-order valence-electron chi connectivity index (χ4n) is 3.74. The molecule has 0 spiro atoms. The summed E-state index contributed by atoms with van der Waals surface area (Å²) < 4.78 is 5.56. The Morgan fingerprint density at radius 1 is 1.26 bits per heavy atom. The van der Waals surface area contributed by atoms with E-state index in [1.165, 1.54) is 41.2 Å². The lowest BCUT2D eigenvalue weighted by Gasteiger charge is -2.49. The SMILES string of the molecule is NC(=O)C1=C(C[n+]2ccc(C(=O)O)cc2)CS[C@H]2C(NC(=O)C(=NOCCC(=O)O)c3nsc(N)n3)C(=O)N12. The molecule has 2 aromatic heterocycles. The summed E-state index contributed by atoms with van der Waals surface area (Å²) in [5, 5.41) is 23.4. The molecule has 2 aliphatic heterocycles. The van der Waals surface area contributed by atoms with E-state index >= 15 is 0 Å². The van der Waals surface area contributed by atoms with Crippen molar-refractivity contribution in [2.45, 2.75) is 24.4 Å². The van der Waals surface area contributed by atoms with Gasteiger partial charge in [-0.25, -0.2) is 9.36 Å². The summed E-state index contributed by atoms with van der Waals surface area (Å²) in [6.45, 7) is -0.146. The second-order valence-corrected chi connectivity index (χ2v) is 10.0. The van der Waals surface area contributed by atoms with Gasteiger partial charge in [-0.1, -0.05) is 5.16 Å². The number of aliphatic carboxylic acids is 1. The highest BCUT2D eigenvalue weighted by Crippen LogP contribution is 2.40. The second-order valence-electron chi connectivity index (χ2n) is 8.11. The van der Waals surface area contributed by atoms with Gasteiger partial charge in [0, 0.05) is 35.0 Å². The van der Waals surface area contributed by atoms with Gasteiger partial charge >= 0.3 is 11.9 Å². The number of amides is 3. The number of carbonyl (C=O) groups is 5. The Bertz CT molecular complexity index is 1410. The molecule has 1 saturated heterocycles. The van der Waals surface area contributed by atoms with E-state index in [-0.39, 0.29) is 41.8 Å². The Morgan fingerprint density at radius 2 is 1.97 bits per heavy atom. The molecule has 0 aromatic carbocycles. The van der Waals surface area contributed by atoms with Crippen LogP contribution >= 0.6 is 23.3 Å². The number of nitrogens with zero attached hydrogens (tertiary/aromatic N) is 5. The van der Waals surface area contributed by atoms with Crippen LogP contribution in [0.4, 0.5) is 5.13 Å². The first-order valence-electron chi connectivity index (χ1n) is 11.1. The normalized spacial score (nSPS) is 18.7. The fourth-order valence-corrected chi connectivity index (χ4v) is 5.51. The second kappa shape index (κ2) is 11.4. The molecule has 2 atom stereocenters. The van der Waals surface area contributed by atoms with Crippen LogP contribution in [0.3, 0.4) is 0 Å². The summed E-state index contributed by atoms with van der Waals surface area (Å²) in [4.78, 5) is 70.2. The van der Waals surface area contributed by atoms with Crippen LogP contribution in [0.1, 0.15) is 22.6 Å². The Balaban J connectivity index is 1.50. The summed E-state index contributed by atoms with van der Waals surface area (Å²) >= 11 is 2.09. The van der Waals surface area contributed by atoms with E-state index in [4.69, 9.17) is 26.5 Å². The average Bonchev–Trinajstić information content (AvgIpc) is 3.32. The number of hydrogen-bond donors (Lipinski definition) is 5. The lowest BCUT2D eigenvalue weighted by Crippen LogP contribution is -2.71. The number of oxime groups is 1. The zero-order chi connectivity index (χ0) is 28.3. The molecule has 0 saturated carbocycles. The molecule has 39 heavy (non-hydrogen) atoms. The molecule has 2 aromatic rings. The van der Waals surface area contributed by atoms with E-state index in [2.05, 4.69) is 19.8 Å². The van der Waals surface area contributed by atoms with Gasteiger partial charge in [-0.2, -0.15) is 9.36 Å². The first-order chi connectivity index (χ1) is 18.6. The van der Waals surface area contributed by atoms with E-state index in [9.17, 15) is 24.0 Å². The summed E-state index contributed by atoms with van der Waals surface area (Å²) in [6, 6.07) is 1.77. The fraction of sp³-hybridized carbons (Fsp3) is 0.286. The molecule has 0 bridgehead atoms. The van der Waals surface area contributed by atoms with Crippen molar-refractivity contribution in [3.63, 3.8) is 0 Å². The first-order valence-corrected chi connectivity index (χ1v) is 12.9. The molecule has 2 aliphatic rings. The summed E-state index contributed by atoms with van der Waals surface area (Å²) in [7, 11) is 0. The number of nitrogens with two attached hydrogens (primary N) is 2. The Labute approximate surface area is 227 Å². The van der Waals surface area contributed by atoms with Crippen molar-refractivity contribution < 1.29 is 43.6 Å². The number of aromatic nitrogens is 3. The minimum absolute atomic E-state index is 0.00361. The maximum absolute atomic E-state index is 13.1. The Hall–Kier alpha value is -4.58. The molecule has 0 radical (unpaired) electrons. The molecule has 4 heterocycles. The molecule has 1 unspecified atom stereocenters. The van der Waals surface area contributed by atoms with Gasteiger partial charge in [0.25, 0.3) is 17.7 Å². The third kappa shape index (κ3) is 5.96. The van der Waals surface area contributed by atoms with Crippen LogP contribution in [0.2, 0.25) is 0 Å². The van der Waals surface area contributed by atoms with Crippen molar-refractivity contribution in [3.05, 3.63) is 47.2 Å². The van der Waals surface area contributed by atoms with Crippen molar-refractivity contribution in [2.75, 3.05) is 18.1 Å². The maximum atomic E-state index is 13.1. The lowest BCUT2D eigenvalue weighted by atomic mass is 10.0. The molecule has 204 valence electrons.